The number of carbonyl (C=O) groups is 1. The van der Waals surface area contributed by atoms with Crippen LogP contribution in [-0.2, 0) is 11.2 Å². The van der Waals surface area contributed by atoms with E-state index in [9.17, 15) is 9.18 Å². The Labute approximate surface area is 155 Å². The van der Waals surface area contributed by atoms with E-state index in [1.807, 2.05) is 36.4 Å². The normalized spacial score (nSPS) is 11.0. The maximum Gasteiger partial charge on any atom is 0.224 e. The first-order valence-corrected chi connectivity index (χ1v) is 8.74. The maximum absolute atomic E-state index is 13.5. The lowest BCUT2D eigenvalue weighted by Gasteiger charge is -2.08. The standard InChI is InChI=1S/C22H18FNO3/c23-18-7-3-4-8-19(18)26-12-11-24-21(25)13-16-14-27-20-10-9-15-5-1-2-6-17(15)22(16)20/h1-10,14H,11-13H2,(H,24,25). The summed E-state index contributed by atoms with van der Waals surface area (Å²) in [6.45, 7) is 0.492. The van der Waals surface area contributed by atoms with Crippen LogP contribution in [0.15, 0.2) is 71.3 Å². The highest BCUT2D eigenvalue weighted by molar-refractivity contribution is 6.08. The number of rotatable bonds is 6. The minimum absolute atomic E-state index is 0.136. The van der Waals surface area contributed by atoms with Crippen LogP contribution in [0.3, 0.4) is 0 Å². The summed E-state index contributed by atoms with van der Waals surface area (Å²) < 4.78 is 24.4. The lowest BCUT2D eigenvalue weighted by atomic mass is 10.0. The van der Waals surface area contributed by atoms with Gasteiger partial charge in [-0.2, -0.15) is 0 Å². The minimum atomic E-state index is -0.416. The van der Waals surface area contributed by atoms with Crippen molar-refractivity contribution in [2.75, 3.05) is 13.2 Å². The van der Waals surface area contributed by atoms with Gasteiger partial charge in [-0.15, -0.1) is 0 Å². The van der Waals surface area contributed by atoms with Crippen LogP contribution in [0.25, 0.3) is 21.7 Å². The summed E-state index contributed by atoms with van der Waals surface area (Å²) >= 11 is 0. The molecular weight excluding hydrogens is 345 g/mol. The third kappa shape index (κ3) is 3.62. The van der Waals surface area contributed by atoms with Gasteiger partial charge in [0.05, 0.1) is 19.2 Å². The molecule has 0 aliphatic carbocycles. The number of fused-ring (bicyclic) bond motifs is 3. The number of para-hydroxylation sites is 1. The second-order valence-electron chi connectivity index (χ2n) is 6.23. The quantitative estimate of drug-likeness (QED) is 0.515. The van der Waals surface area contributed by atoms with Crippen LogP contribution in [-0.4, -0.2) is 19.1 Å². The molecule has 4 aromatic rings. The fraction of sp³-hybridized carbons (Fsp3) is 0.136. The Bertz CT molecular complexity index is 1100. The summed E-state index contributed by atoms with van der Waals surface area (Å²) in [4.78, 5) is 12.3. The number of halogens is 1. The van der Waals surface area contributed by atoms with Crippen molar-refractivity contribution in [1.82, 2.24) is 5.32 Å². The molecule has 1 N–H and O–H groups in total. The van der Waals surface area contributed by atoms with E-state index in [1.165, 1.54) is 6.07 Å². The lowest BCUT2D eigenvalue weighted by molar-refractivity contribution is -0.120. The fourth-order valence-electron chi connectivity index (χ4n) is 3.15. The Morgan fingerprint density at radius 3 is 2.74 bits per heavy atom. The predicted molar refractivity (Wildman–Crippen MR) is 102 cm³/mol. The third-order valence-electron chi connectivity index (χ3n) is 4.41. The number of carbonyl (C=O) groups excluding carboxylic acids is 1. The van der Waals surface area contributed by atoms with E-state index in [-0.39, 0.29) is 24.7 Å². The van der Waals surface area contributed by atoms with Gasteiger partial charge in [0.25, 0.3) is 0 Å². The van der Waals surface area contributed by atoms with Crippen LogP contribution in [0, 0.1) is 5.82 Å². The Balaban J connectivity index is 1.40. The van der Waals surface area contributed by atoms with Crippen molar-refractivity contribution in [2.24, 2.45) is 0 Å². The van der Waals surface area contributed by atoms with E-state index in [2.05, 4.69) is 5.32 Å². The van der Waals surface area contributed by atoms with Gasteiger partial charge in [-0.1, -0.05) is 42.5 Å². The average molecular weight is 363 g/mol. The molecule has 1 amide bonds. The molecule has 5 heteroatoms. The van der Waals surface area contributed by atoms with E-state index < -0.39 is 5.82 Å². The molecule has 4 rings (SSSR count). The van der Waals surface area contributed by atoms with Gasteiger partial charge >= 0.3 is 0 Å². The van der Waals surface area contributed by atoms with Crippen molar-refractivity contribution in [3.05, 3.63) is 78.3 Å². The number of furan rings is 1. The minimum Gasteiger partial charge on any atom is -0.489 e. The molecule has 1 aromatic heterocycles. The summed E-state index contributed by atoms with van der Waals surface area (Å²) in [6, 6.07) is 18.1. The van der Waals surface area contributed by atoms with Crippen LogP contribution in [0.1, 0.15) is 5.56 Å². The maximum atomic E-state index is 13.5. The van der Waals surface area contributed by atoms with Crippen LogP contribution in [0.4, 0.5) is 4.39 Å². The van der Waals surface area contributed by atoms with Gasteiger partial charge < -0.3 is 14.5 Å². The molecule has 0 radical (unpaired) electrons. The number of ether oxygens (including phenoxy) is 1. The number of hydrogen-bond donors (Lipinski definition) is 1. The van der Waals surface area contributed by atoms with Crippen LogP contribution >= 0.6 is 0 Å². The summed E-state index contributed by atoms with van der Waals surface area (Å²) in [6.07, 6.45) is 1.84. The molecular formula is C22H18FNO3. The van der Waals surface area contributed by atoms with Crippen molar-refractivity contribution in [2.45, 2.75) is 6.42 Å². The Morgan fingerprint density at radius 2 is 1.85 bits per heavy atom. The molecule has 136 valence electrons. The second kappa shape index (κ2) is 7.50. The first-order valence-electron chi connectivity index (χ1n) is 8.74. The van der Waals surface area contributed by atoms with Gasteiger partial charge in [-0.05, 0) is 29.0 Å². The lowest BCUT2D eigenvalue weighted by Crippen LogP contribution is -2.29. The highest BCUT2D eigenvalue weighted by atomic mass is 19.1. The zero-order chi connectivity index (χ0) is 18.6. The molecule has 0 unspecified atom stereocenters. The largest absolute Gasteiger partial charge is 0.489 e. The van der Waals surface area contributed by atoms with Gasteiger partial charge in [0, 0.05) is 10.9 Å². The van der Waals surface area contributed by atoms with E-state index in [0.717, 1.165) is 27.3 Å². The van der Waals surface area contributed by atoms with Crippen molar-refractivity contribution < 1.29 is 18.3 Å². The molecule has 0 saturated heterocycles. The van der Waals surface area contributed by atoms with Crippen molar-refractivity contribution >= 4 is 27.6 Å². The first kappa shape index (κ1) is 17.1. The number of nitrogens with one attached hydrogen (secondary N) is 1. The zero-order valence-electron chi connectivity index (χ0n) is 14.6. The van der Waals surface area contributed by atoms with Crippen LogP contribution in [0.2, 0.25) is 0 Å². The zero-order valence-corrected chi connectivity index (χ0v) is 14.6. The van der Waals surface area contributed by atoms with Gasteiger partial charge in [0.1, 0.15) is 12.2 Å². The molecule has 3 aromatic carbocycles. The summed E-state index contributed by atoms with van der Waals surface area (Å²) in [5.74, 6) is -0.373. The van der Waals surface area contributed by atoms with Crippen molar-refractivity contribution in [1.29, 1.82) is 0 Å². The highest BCUT2D eigenvalue weighted by Crippen LogP contribution is 2.30. The monoisotopic (exact) mass is 363 g/mol. The predicted octanol–water partition coefficient (Wildman–Crippen LogP) is 4.46. The first-order chi connectivity index (χ1) is 13.2. The summed E-state index contributed by atoms with van der Waals surface area (Å²) in [5, 5.41) is 5.93. The number of hydrogen-bond acceptors (Lipinski definition) is 3. The molecule has 0 aliphatic rings. The topological polar surface area (TPSA) is 51.5 Å². The molecule has 0 aliphatic heterocycles. The molecule has 0 bridgehead atoms. The summed E-state index contributed by atoms with van der Waals surface area (Å²) in [5.41, 5.74) is 1.61. The van der Waals surface area contributed by atoms with Crippen LogP contribution < -0.4 is 10.1 Å². The van der Waals surface area contributed by atoms with E-state index in [4.69, 9.17) is 9.15 Å². The molecule has 0 atom stereocenters. The van der Waals surface area contributed by atoms with Gasteiger partial charge in [0.2, 0.25) is 5.91 Å². The van der Waals surface area contributed by atoms with Crippen molar-refractivity contribution in [3.8, 4) is 5.75 Å². The van der Waals surface area contributed by atoms with E-state index >= 15 is 0 Å². The number of amides is 1. The van der Waals surface area contributed by atoms with E-state index in [1.54, 1.807) is 24.5 Å². The molecule has 1 heterocycles. The second-order valence-corrected chi connectivity index (χ2v) is 6.23. The highest BCUT2D eigenvalue weighted by Gasteiger charge is 2.13. The van der Waals surface area contributed by atoms with Crippen molar-refractivity contribution in [3.63, 3.8) is 0 Å². The van der Waals surface area contributed by atoms with Gasteiger partial charge in [-0.25, -0.2) is 4.39 Å². The summed E-state index contributed by atoms with van der Waals surface area (Å²) in [7, 11) is 0. The average Bonchev–Trinajstić information content (AvgIpc) is 3.10. The molecule has 0 fully saturated rings. The van der Waals surface area contributed by atoms with E-state index in [0.29, 0.717) is 6.54 Å². The smallest absolute Gasteiger partial charge is 0.224 e. The SMILES string of the molecule is O=C(Cc1coc2ccc3ccccc3c12)NCCOc1ccccc1F. The Kier molecular flexibility index (Phi) is 4.75. The van der Waals surface area contributed by atoms with Crippen LogP contribution in [0.5, 0.6) is 5.75 Å². The van der Waals surface area contributed by atoms with Gasteiger partial charge in [-0.3, -0.25) is 4.79 Å². The molecule has 27 heavy (non-hydrogen) atoms. The Hall–Kier alpha value is -3.34. The third-order valence-corrected chi connectivity index (χ3v) is 4.41. The molecule has 4 nitrogen and oxygen atoms in total. The Morgan fingerprint density at radius 1 is 1.04 bits per heavy atom. The fourth-order valence-corrected chi connectivity index (χ4v) is 3.15. The van der Waals surface area contributed by atoms with Gasteiger partial charge in [0.15, 0.2) is 11.6 Å². The molecule has 0 spiro atoms. The molecule has 0 saturated carbocycles. The number of benzene rings is 3.